The Kier molecular flexibility index (Phi) is 8.83. The van der Waals surface area contributed by atoms with Crippen molar-refractivity contribution in [2.75, 3.05) is 26.7 Å². The topological polar surface area (TPSA) is 113 Å². The van der Waals surface area contributed by atoms with Gasteiger partial charge < -0.3 is 14.7 Å². The number of carbonyl (C=O) groups excluding carboxylic acids is 1. The second-order valence-corrected chi connectivity index (χ2v) is 10.6. The van der Waals surface area contributed by atoms with Crippen LogP contribution in [0.2, 0.25) is 0 Å². The molecule has 1 N–H and O–H groups in total. The summed E-state index contributed by atoms with van der Waals surface area (Å²) in [6.45, 7) is 5.57. The van der Waals surface area contributed by atoms with E-state index in [-0.39, 0.29) is 47.9 Å². The molecule has 1 aromatic carbocycles. The molecule has 2 aromatic rings. The third-order valence-corrected chi connectivity index (χ3v) is 7.88. The van der Waals surface area contributed by atoms with Gasteiger partial charge in [0, 0.05) is 49.9 Å². The second kappa shape index (κ2) is 11.6. The number of aliphatic hydroxyl groups excluding tert-OH is 1. The van der Waals surface area contributed by atoms with Crippen LogP contribution in [0.3, 0.4) is 0 Å². The van der Waals surface area contributed by atoms with E-state index in [1.165, 1.54) is 33.9 Å². The van der Waals surface area contributed by atoms with Crippen LogP contribution in [0.25, 0.3) is 0 Å². The quantitative estimate of drug-likeness (QED) is 0.605. The first-order chi connectivity index (χ1) is 16.7. The van der Waals surface area contributed by atoms with Crippen LogP contribution in [0.15, 0.2) is 41.7 Å². The Morgan fingerprint density at radius 3 is 2.80 bits per heavy atom. The summed E-state index contributed by atoms with van der Waals surface area (Å²) in [6.07, 6.45) is 5.46. The first-order valence-electron chi connectivity index (χ1n) is 11.6. The Hall–Kier alpha value is -3.00. The molecule has 10 heteroatoms. The van der Waals surface area contributed by atoms with Crippen molar-refractivity contribution in [1.29, 1.82) is 0 Å². The Morgan fingerprint density at radius 2 is 2.14 bits per heavy atom. The summed E-state index contributed by atoms with van der Waals surface area (Å²) in [5.41, 5.74) is 0.852. The lowest BCUT2D eigenvalue weighted by molar-refractivity contribution is 0.0559. The van der Waals surface area contributed by atoms with Gasteiger partial charge in [-0.3, -0.25) is 9.78 Å². The van der Waals surface area contributed by atoms with Crippen molar-refractivity contribution in [3.05, 3.63) is 48.0 Å². The number of hydrogen-bond acceptors (Lipinski definition) is 7. The van der Waals surface area contributed by atoms with Gasteiger partial charge in [-0.15, -0.1) is 0 Å². The minimum absolute atomic E-state index is 0.0126. The van der Waals surface area contributed by atoms with Crippen LogP contribution in [0.4, 0.5) is 0 Å². The molecule has 3 rings (SSSR count). The fourth-order valence-electron chi connectivity index (χ4n) is 3.77. The van der Waals surface area contributed by atoms with E-state index in [0.717, 1.165) is 12.8 Å². The lowest BCUT2D eigenvalue weighted by atomic mass is 10.0. The van der Waals surface area contributed by atoms with Crippen LogP contribution in [-0.2, 0) is 10.0 Å². The molecule has 0 unspecified atom stereocenters. The molecule has 1 aromatic heterocycles. The highest BCUT2D eigenvalue weighted by molar-refractivity contribution is 7.89. The van der Waals surface area contributed by atoms with Gasteiger partial charge in [0.25, 0.3) is 5.91 Å². The van der Waals surface area contributed by atoms with Gasteiger partial charge in [0.2, 0.25) is 10.0 Å². The average molecular weight is 501 g/mol. The number of unbranched alkanes of at least 4 members (excludes halogenated alkanes) is 1. The molecule has 0 spiro atoms. The van der Waals surface area contributed by atoms with Crippen LogP contribution in [0.1, 0.15) is 49.7 Å². The van der Waals surface area contributed by atoms with Gasteiger partial charge in [-0.05, 0) is 31.5 Å². The van der Waals surface area contributed by atoms with E-state index >= 15 is 0 Å². The molecule has 3 atom stereocenters. The molecule has 0 bridgehead atoms. The number of rotatable bonds is 6. The molecule has 0 radical (unpaired) electrons. The molecular weight excluding hydrogens is 468 g/mol. The molecule has 188 valence electrons. The zero-order valence-electron chi connectivity index (χ0n) is 20.5. The maximum atomic E-state index is 13.5. The third kappa shape index (κ3) is 6.17. The highest BCUT2D eigenvalue weighted by Crippen LogP contribution is 2.34. The number of ether oxygens (including phenoxy) is 1. The van der Waals surface area contributed by atoms with Gasteiger partial charge in [0.1, 0.15) is 22.4 Å². The highest BCUT2D eigenvalue weighted by atomic mass is 32.2. The maximum absolute atomic E-state index is 13.5. The van der Waals surface area contributed by atoms with Gasteiger partial charge in [0.05, 0.1) is 19.3 Å². The van der Waals surface area contributed by atoms with E-state index in [4.69, 9.17) is 4.74 Å². The van der Waals surface area contributed by atoms with E-state index in [1.54, 1.807) is 26.1 Å². The second-order valence-electron chi connectivity index (χ2n) is 8.73. The standard InChI is InChI=1S/C25H32N4O5S/c1-5-6-7-8-20-9-10-24-22(13-20)34-23(16-28(4)25(31)21-14-26-11-12-27-21)18(2)15-29(19(3)17-30)35(24,32)33/h9-14,18-19,23,30H,5-6,15-17H2,1-4H3/t18-,19+,23-/m1/s1. The summed E-state index contributed by atoms with van der Waals surface area (Å²) in [4.78, 5) is 22.4. The van der Waals surface area contributed by atoms with E-state index in [0.29, 0.717) is 5.56 Å². The van der Waals surface area contributed by atoms with E-state index < -0.39 is 22.2 Å². The van der Waals surface area contributed by atoms with Gasteiger partial charge in [-0.1, -0.05) is 25.7 Å². The molecule has 0 fully saturated rings. The van der Waals surface area contributed by atoms with Crippen LogP contribution < -0.4 is 4.74 Å². The smallest absolute Gasteiger partial charge is 0.273 e. The summed E-state index contributed by atoms with van der Waals surface area (Å²) in [7, 11) is -2.30. The van der Waals surface area contributed by atoms with Crippen molar-refractivity contribution in [3.8, 4) is 17.6 Å². The molecule has 9 nitrogen and oxygen atoms in total. The number of aliphatic hydroxyl groups is 1. The summed E-state index contributed by atoms with van der Waals surface area (Å²) in [6, 6.07) is 4.16. The lowest BCUT2D eigenvalue weighted by Gasteiger charge is -2.37. The number of likely N-dealkylation sites (N-methyl/N-ethyl adjacent to an activating group) is 1. The summed E-state index contributed by atoms with van der Waals surface area (Å²) in [5, 5.41) is 9.77. The van der Waals surface area contributed by atoms with Crippen LogP contribution in [0, 0.1) is 17.8 Å². The van der Waals surface area contributed by atoms with Crippen LogP contribution >= 0.6 is 0 Å². The van der Waals surface area contributed by atoms with Crippen LogP contribution in [0.5, 0.6) is 5.75 Å². The zero-order chi connectivity index (χ0) is 25.6. The minimum atomic E-state index is -3.94. The first kappa shape index (κ1) is 26.6. The monoisotopic (exact) mass is 500 g/mol. The minimum Gasteiger partial charge on any atom is -0.487 e. The number of fused-ring (bicyclic) bond motifs is 1. The van der Waals surface area contributed by atoms with Gasteiger partial charge in [-0.25, -0.2) is 13.4 Å². The van der Waals surface area contributed by atoms with Crippen molar-refractivity contribution in [2.45, 2.75) is 50.7 Å². The predicted octanol–water partition coefficient (Wildman–Crippen LogP) is 2.17. The number of sulfonamides is 1. The maximum Gasteiger partial charge on any atom is 0.273 e. The predicted molar refractivity (Wildman–Crippen MR) is 131 cm³/mol. The van der Waals surface area contributed by atoms with Crippen LogP contribution in [-0.4, -0.2) is 77.5 Å². The van der Waals surface area contributed by atoms with Crippen molar-refractivity contribution in [3.63, 3.8) is 0 Å². The van der Waals surface area contributed by atoms with Crippen molar-refractivity contribution in [2.24, 2.45) is 5.92 Å². The Morgan fingerprint density at radius 1 is 1.37 bits per heavy atom. The zero-order valence-corrected chi connectivity index (χ0v) is 21.3. The number of aromatic nitrogens is 2. The fourth-order valence-corrected chi connectivity index (χ4v) is 5.59. The molecular formula is C25H32N4O5S. The van der Waals surface area contributed by atoms with Gasteiger partial charge in [0.15, 0.2) is 0 Å². The molecule has 0 aliphatic carbocycles. The molecule has 2 heterocycles. The van der Waals surface area contributed by atoms with Crippen molar-refractivity contribution in [1.82, 2.24) is 19.2 Å². The highest BCUT2D eigenvalue weighted by Gasteiger charge is 2.38. The summed E-state index contributed by atoms with van der Waals surface area (Å²) in [5.74, 6) is 5.69. The van der Waals surface area contributed by atoms with E-state index in [2.05, 4.69) is 21.8 Å². The van der Waals surface area contributed by atoms with Crippen molar-refractivity contribution >= 4 is 15.9 Å². The number of hydrogen-bond donors (Lipinski definition) is 1. The van der Waals surface area contributed by atoms with Gasteiger partial charge in [-0.2, -0.15) is 4.31 Å². The number of amides is 1. The number of nitrogens with zero attached hydrogens (tertiary/aromatic N) is 4. The van der Waals surface area contributed by atoms with E-state index in [1.807, 2.05) is 13.8 Å². The molecule has 35 heavy (non-hydrogen) atoms. The lowest BCUT2D eigenvalue weighted by Crippen LogP contribution is -2.50. The summed E-state index contributed by atoms with van der Waals surface area (Å²) >= 11 is 0. The summed E-state index contributed by atoms with van der Waals surface area (Å²) < 4.78 is 34.7. The molecule has 1 aliphatic rings. The Labute approximate surface area is 207 Å². The molecule has 1 amide bonds. The fraction of sp³-hybridized carbons (Fsp3) is 0.480. The largest absolute Gasteiger partial charge is 0.487 e. The SMILES string of the molecule is CCCC#Cc1ccc2c(c1)O[C@H](CN(C)C(=O)c1cnccn1)[C@H](C)CN([C@@H](C)CO)S2(=O)=O. The number of carbonyl (C=O) groups is 1. The number of benzene rings is 1. The molecule has 1 aliphatic heterocycles. The first-order valence-corrected chi connectivity index (χ1v) is 13.1. The Bertz CT molecular complexity index is 1190. The normalized spacial score (nSPS) is 20.3. The third-order valence-electron chi connectivity index (χ3n) is 5.86. The van der Waals surface area contributed by atoms with Gasteiger partial charge >= 0.3 is 0 Å². The molecule has 0 saturated carbocycles. The van der Waals surface area contributed by atoms with E-state index in [9.17, 15) is 18.3 Å². The van der Waals surface area contributed by atoms with Crippen molar-refractivity contribution < 1.29 is 23.1 Å². The molecule has 0 saturated heterocycles. The average Bonchev–Trinajstić information content (AvgIpc) is 2.85. The Balaban J connectivity index is 2.01.